The SMILES string of the molecule is CC(C)(NS(=O)(=O)c1ccc2c(c1)oc1ccccc12)C(=O)NO. The Labute approximate surface area is 138 Å². The summed E-state index contributed by atoms with van der Waals surface area (Å²) < 4.78 is 33.0. The van der Waals surface area contributed by atoms with Crippen LogP contribution in [0.4, 0.5) is 0 Å². The van der Waals surface area contributed by atoms with Crippen molar-refractivity contribution >= 4 is 37.9 Å². The summed E-state index contributed by atoms with van der Waals surface area (Å²) in [6.45, 7) is 2.69. The van der Waals surface area contributed by atoms with Gasteiger partial charge in [0.15, 0.2) is 0 Å². The minimum atomic E-state index is -3.98. The van der Waals surface area contributed by atoms with Crippen molar-refractivity contribution in [2.75, 3.05) is 0 Å². The molecule has 1 amide bonds. The van der Waals surface area contributed by atoms with E-state index >= 15 is 0 Å². The lowest BCUT2D eigenvalue weighted by molar-refractivity contribution is -0.134. The maximum Gasteiger partial charge on any atom is 0.264 e. The summed E-state index contributed by atoms with van der Waals surface area (Å²) >= 11 is 0. The first-order chi connectivity index (χ1) is 11.2. The molecule has 0 fully saturated rings. The van der Waals surface area contributed by atoms with Crippen molar-refractivity contribution in [3.63, 3.8) is 0 Å². The Hall–Kier alpha value is -2.42. The lowest BCUT2D eigenvalue weighted by atomic mass is 10.1. The van der Waals surface area contributed by atoms with Crippen LogP contribution in [0.5, 0.6) is 0 Å². The molecule has 0 spiro atoms. The zero-order chi connectivity index (χ0) is 17.5. The van der Waals surface area contributed by atoms with E-state index < -0.39 is 21.5 Å². The first-order valence-corrected chi connectivity index (χ1v) is 8.63. The van der Waals surface area contributed by atoms with E-state index in [9.17, 15) is 13.2 Å². The summed E-state index contributed by atoms with van der Waals surface area (Å²) in [7, 11) is -3.98. The molecule has 3 rings (SSSR count). The molecular weight excluding hydrogens is 332 g/mol. The van der Waals surface area contributed by atoms with Gasteiger partial charge in [-0.1, -0.05) is 18.2 Å². The third-order valence-electron chi connectivity index (χ3n) is 3.72. The van der Waals surface area contributed by atoms with Crippen LogP contribution in [0, 0.1) is 0 Å². The Balaban J connectivity index is 2.05. The number of carbonyl (C=O) groups excluding carboxylic acids is 1. The summed E-state index contributed by atoms with van der Waals surface area (Å²) in [4.78, 5) is 11.5. The third kappa shape index (κ3) is 2.75. The summed E-state index contributed by atoms with van der Waals surface area (Å²) in [6, 6.07) is 11.9. The summed E-state index contributed by atoms with van der Waals surface area (Å²) in [5, 5.41) is 10.4. The summed E-state index contributed by atoms with van der Waals surface area (Å²) in [5.41, 5.74) is 1.02. The Morgan fingerprint density at radius 1 is 1.08 bits per heavy atom. The van der Waals surface area contributed by atoms with Crippen molar-refractivity contribution in [1.82, 2.24) is 10.2 Å². The number of rotatable bonds is 4. The standard InChI is InChI=1S/C16H16N2O5S/c1-16(2,15(19)17-20)18-24(21,22)10-7-8-12-11-5-3-4-6-13(11)23-14(12)9-10/h3-9,18,20H,1-2H3,(H,17,19). The van der Waals surface area contributed by atoms with Gasteiger partial charge in [-0.3, -0.25) is 10.0 Å². The van der Waals surface area contributed by atoms with E-state index in [1.807, 2.05) is 18.2 Å². The lowest BCUT2D eigenvalue weighted by Crippen LogP contribution is -2.53. The van der Waals surface area contributed by atoms with E-state index in [1.54, 1.807) is 12.1 Å². The molecule has 0 aliphatic rings. The molecule has 0 saturated heterocycles. The molecule has 126 valence electrons. The van der Waals surface area contributed by atoms with Crippen LogP contribution in [0.2, 0.25) is 0 Å². The van der Waals surface area contributed by atoms with Crippen LogP contribution in [0.15, 0.2) is 51.8 Å². The van der Waals surface area contributed by atoms with Crippen molar-refractivity contribution in [2.45, 2.75) is 24.3 Å². The molecule has 2 aromatic carbocycles. The van der Waals surface area contributed by atoms with E-state index in [0.717, 1.165) is 10.8 Å². The number of hydrogen-bond donors (Lipinski definition) is 3. The molecular formula is C16H16N2O5S. The third-order valence-corrected chi connectivity index (χ3v) is 5.37. The molecule has 0 atom stereocenters. The van der Waals surface area contributed by atoms with Crippen molar-refractivity contribution < 1.29 is 22.8 Å². The number of amides is 1. The minimum Gasteiger partial charge on any atom is -0.456 e. The number of carbonyl (C=O) groups is 1. The van der Waals surface area contributed by atoms with Gasteiger partial charge in [-0.2, -0.15) is 4.72 Å². The Morgan fingerprint density at radius 2 is 1.75 bits per heavy atom. The van der Waals surface area contributed by atoms with Crippen LogP contribution < -0.4 is 10.2 Å². The molecule has 8 heteroatoms. The highest BCUT2D eigenvalue weighted by Gasteiger charge is 2.33. The number of hydrogen-bond acceptors (Lipinski definition) is 5. The van der Waals surface area contributed by atoms with E-state index in [4.69, 9.17) is 9.62 Å². The van der Waals surface area contributed by atoms with Crippen molar-refractivity contribution in [1.29, 1.82) is 0 Å². The van der Waals surface area contributed by atoms with Gasteiger partial charge in [-0.25, -0.2) is 13.9 Å². The highest BCUT2D eigenvalue weighted by molar-refractivity contribution is 7.89. The quantitative estimate of drug-likeness (QED) is 0.494. The average molecular weight is 348 g/mol. The fourth-order valence-electron chi connectivity index (χ4n) is 2.45. The van der Waals surface area contributed by atoms with Gasteiger partial charge in [0.2, 0.25) is 10.0 Å². The van der Waals surface area contributed by atoms with Crippen LogP contribution in [-0.4, -0.2) is 25.1 Å². The average Bonchev–Trinajstić information content (AvgIpc) is 2.90. The van der Waals surface area contributed by atoms with Crippen LogP contribution >= 0.6 is 0 Å². The summed E-state index contributed by atoms with van der Waals surface area (Å²) in [5.74, 6) is -0.865. The second-order valence-electron chi connectivity index (χ2n) is 5.93. The normalized spacial score (nSPS) is 12.6. The van der Waals surface area contributed by atoms with Gasteiger partial charge in [0.1, 0.15) is 16.7 Å². The zero-order valence-electron chi connectivity index (χ0n) is 13.0. The second-order valence-corrected chi connectivity index (χ2v) is 7.61. The van der Waals surface area contributed by atoms with Crippen LogP contribution in [-0.2, 0) is 14.8 Å². The second kappa shape index (κ2) is 5.59. The molecule has 0 saturated carbocycles. The fraction of sp³-hybridized carbons (Fsp3) is 0.188. The number of benzene rings is 2. The van der Waals surface area contributed by atoms with E-state index in [1.165, 1.54) is 31.5 Å². The molecule has 1 aromatic heterocycles. The van der Waals surface area contributed by atoms with Crippen molar-refractivity contribution in [3.05, 3.63) is 42.5 Å². The van der Waals surface area contributed by atoms with Gasteiger partial charge >= 0.3 is 0 Å². The lowest BCUT2D eigenvalue weighted by Gasteiger charge is -2.23. The number of hydroxylamine groups is 1. The highest BCUT2D eigenvalue weighted by Crippen LogP contribution is 2.30. The molecule has 3 N–H and O–H groups in total. The monoisotopic (exact) mass is 348 g/mol. The predicted octanol–water partition coefficient (Wildman–Crippen LogP) is 2.15. The highest BCUT2D eigenvalue weighted by atomic mass is 32.2. The zero-order valence-corrected chi connectivity index (χ0v) is 13.8. The molecule has 0 bridgehead atoms. The number of fused-ring (bicyclic) bond motifs is 3. The molecule has 0 radical (unpaired) electrons. The minimum absolute atomic E-state index is 0.0344. The molecule has 0 aliphatic carbocycles. The Morgan fingerprint density at radius 3 is 2.46 bits per heavy atom. The molecule has 0 unspecified atom stereocenters. The largest absolute Gasteiger partial charge is 0.456 e. The molecule has 7 nitrogen and oxygen atoms in total. The van der Waals surface area contributed by atoms with Crippen molar-refractivity contribution in [2.24, 2.45) is 0 Å². The van der Waals surface area contributed by atoms with E-state index in [2.05, 4.69) is 4.72 Å². The molecule has 0 aliphatic heterocycles. The summed E-state index contributed by atoms with van der Waals surface area (Å²) in [6.07, 6.45) is 0. The number of sulfonamides is 1. The molecule has 24 heavy (non-hydrogen) atoms. The first-order valence-electron chi connectivity index (χ1n) is 7.14. The Bertz CT molecular complexity index is 1040. The van der Waals surface area contributed by atoms with Gasteiger partial charge < -0.3 is 4.42 Å². The van der Waals surface area contributed by atoms with Crippen LogP contribution in [0.3, 0.4) is 0 Å². The van der Waals surface area contributed by atoms with Crippen LogP contribution in [0.1, 0.15) is 13.8 Å². The molecule has 3 aromatic rings. The number of nitrogens with one attached hydrogen (secondary N) is 2. The van der Waals surface area contributed by atoms with Gasteiger partial charge in [-0.15, -0.1) is 0 Å². The van der Waals surface area contributed by atoms with Gasteiger partial charge in [0.05, 0.1) is 4.90 Å². The maximum absolute atomic E-state index is 12.5. The fourth-order valence-corrected chi connectivity index (χ4v) is 3.85. The van der Waals surface area contributed by atoms with Crippen LogP contribution in [0.25, 0.3) is 21.9 Å². The van der Waals surface area contributed by atoms with E-state index in [0.29, 0.717) is 11.2 Å². The first kappa shape index (κ1) is 16.4. The number of furan rings is 1. The predicted molar refractivity (Wildman–Crippen MR) is 88.0 cm³/mol. The molecule has 1 heterocycles. The maximum atomic E-state index is 12.5. The topological polar surface area (TPSA) is 109 Å². The Kier molecular flexibility index (Phi) is 3.83. The smallest absolute Gasteiger partial charge is 0.264 e. The van der Waals surface area contributed by atoms with E-state index in [-0.39, 0.29) is 4.90 Å². The van der Waals surface area contributed by atoms with Gasteiger partial charge in [-0.05, 0) is 32.0 Å². The number of para-hydroxylation sites is 1. The van der Waals surface area contributed by atoms with Crippen molar-refractivity contribution in [3.8, 4) is 0 Å². The van der Waals surface area contributed by atoms with Gasteiger partial charge in [0.25, 0.3) is 5.91 Å². The van der Waals surface area contributed by atoms with Gasteiger partial charge in [0, 0.05) is 16.8 Å².